The summed E-state index contributed by atoms with van der Waals surface area (Å²) in [4.78, 5) is 44.3. The van der Waals surface area contributed by atoms with Crippen LogP contribution in [-0.4, -0.2) is 29.2 Å². The predicted molar refractivity (Wildman–Crippen MR) is 148 cm³/mol. The highest BCUT2D eigenvalue weighted by Crippen LogP contribution is 2.53. The van der Waals surface area contributed by atoms with Gasteiger partial charge in [0.15, 0.2) is 11.5 Å². The van der Waals surface area contributed by atoms with Crippen LogP contribution in [0.25, 0.3) is 0 Å². The fourth-order valence-corrected chi connectivity index (χ4v) is 7.59. The van der Waals surface area contributed by atoms with Crippen LogP contribution in [0, 0.1) is 5.92 Å². The number of anilines is 1. The molecule has 1 saturated heterocycles. The van der Waals surface area contributed by atoms with E-state index in [9.17, 15) is 14.4 Å². The largest absolute Gasteiger partial charge is 0.493 e. The fraction of sp³-hybridized carbons (Fsp3) is 0.179. The number of aromatic amines is 1. The molecule has 0 unspecified atom stereocenters. The number of thioether (sulfide) groups is 1. The average Bonchev–Trinajstić information content (AvgIpc) is 3.42. The lowest BCUT2D eigenvalue weighted by molar-refractivity contribution is -0.122. The minimum absolute atomic E-state index is 0.225. The minimum atomic E-state index is -0.692. The van der Waals surface area contributed by atoms with Gasteiger partial charge in [0.05, 0.1) is 23.7 Å². The zero-order chi connectivity index (χ0) is 26.4. The number of hydrogen-bond acceptors (Lipinski definition) is 7. The van der Waals surface area contributed by atoms with Crippen molar-refractivity contribution < 1.29 is 19.1 Å². The van der Waals surface area contributed by atoms with Gasteiger partial charge in [-0.25, -0.2) is 4.90 Å². The molecular formula is C28H21ClN2O5S2. The van der Waals surface area contributed by atoms with Gasteiger partial charge in [-0.05, 0) is 47.5 Å². The lowest BCUT2D eigenvalue weighted by Crippen LogP contribution is -2.32. The highest BCUT2D eigenvalue weighted by molar-refractivity contribution is 8.00. The first-order valence-electron chi connectivity index (χ1n) is 11.8. The number of methoxy groups -OCH3 is 1. The zero-order valence-electron chi connectivity index (χ0n) is 20.1. The molecule has 3 aromatic carbocycles. The van der Waals surface area contributed by atoms with E-state index in [1.54, 1.807) is 37.4 Å². The number of nitrogens with one attached hydrogen (secondary N) is 1. The third-order valence-electron chi connectivity index (χ3n) is 6.69. The van der Waals surface area contributed by atoms with Gasteiger partial charge in [0.25, 0.3) is 0 Å². The minimum Gasteiger partial charge on any atom is -0.493 e. The second-order valence-corrected chi connectivity index (χ2v) is 11.5. The number of carbonyl (C=O) groups is 2. The van der Waals surface area contributed by atoms with Crippen molar-refractivity contribution in [3.8, 4) is 11.5 Å². The normalized spacial score (nSPS) is 20.3. The number of halogens is 1. The second-order valence-electron chi connectivity index (χ2n) is 8.92. The Morgan fingerprint density at radius 1 is 0.947 bits per heavy atom. The van der Waals surface area contributed by atoms with Crippen LogP contribution in [0.1, 0.15) is 21.9 Å². The molecule has 2 amide bonds. The Hall–Kier alpha value is -3.53. The molecule has 1 fully saturated rings. The van der Waals surface area contributed by atoms with Crippen LogP contribution in [0.2, 0.25) is 5.02 Å². The summed E-state index contributed by atoms with van der Waals surface area (Å²) in [5.41, 5.74) is 2.25. The summed E-state index contributed by atoms with van der Waals surface area (Å²) in [7, 11) is 1.56. The van der Waals surface area contributed by atoms with Crippen LogP contribution in [0.15, 0.2) is 82.6 Å². The maximum absolute atomic E-state index is 13.8. The van der Waals surface area contributed by atoms with Crippen LogP contribution < -0.4 is 19.2 Å². The number of imide groups is 1. The van der Waals surface area contributed by atoms with Gasteiger partial charge in [-0.3, -0.25) is 14.4 Å². The van der Waals surface area contributed by atoms with Crippen molar-refractivity contribution in [2.45, 2.75) is 22.8 Å². The molecule has 10 heteroatoms. The number of aromatic nitrogens is 1. The smallest absolute Gasteiger partial charge is 0.305 e. The van der Waals surface area contributed by atoms with Crippen LogP contribution in [-0.2, 0) is 16.2 Å². The van der Waals surface area contributed by atoms with Crippen LogP contribution >= 0.6 is 34.7 Å². The van der Waals surface area contributed by atoms with Crippen molar-refractivity contribution in [2.75, 3.05) is 12.0 Å². The van der Waals surface area contributed by atoms with Crippen molar-refractivity contribution in [1.82, 2.24) is 4.98 Å². The Bertz CT molecular complexity index is 1590. The fourth-order valence-electron chi connectivity index (χ4n) is 4.95. The molecule has 6 rings (SSSR count). The van der Waals surface area contributed by atoms with Crippen molar-refractivity contribution in [1.29, 1.82) is 0 Å². The maximum Gasteiger partial charge on any atom is 0.305 e. The van der Waals surface area contributed by atoms with Crippen molar-refractivity contribution in [3.05, 3.63) is 103 Å². The molecule has 0 aliphatic carbocycles. The van der Waals surface area contributed by atoms with E-state index in [1.807, 2.05) is 42.5 Å². The molecule has 0 spiro atoms. The summed E-state index contributed by atoms with van der Waals surface area (Å²) in [5, 5.41) is 0.452. The molecule has 2 aliphatic rings. The van der Waals surface area contributed by atoms with E-state index < -0.39 is 17.1 Å². The van der Waals surface area contributed by atoms with E-state index >= 15 is 0 Å². The molecule has 0 radical (unpaired) electrons. The monoisotopic (exact) mass is 564 g/mol. The van der Waals surface area contributed by atoms with Gasteiger partial charge < -0.3 is 14.5 Å². The molecule has 7 nitrogen and oxygen atoms in total. The summed E-state index contributed by atoms with van der Waals surface area (Å²) < 4.78 is 11.7. The third kappa shape index (κ3) is 4.30. The van der Waals surface area contributed by atoms with E-state index in [1.165, 1.54) is 16.7 Å². The Morgan fingerprint density at radius 2 is 1.71 bits per heavy atom. The molecule has 1 aromatic heterocycles. The molecule has 2 aliphatic heterocycles. The van der Waals surface area contributed by atoms with E-state index in [-0.39, 0.29) is 16.7 Å². The number of benzene rings is 3. The number of thiazole rings is 1. The molecule has 0 saturated carbocycles. The first-order chi connectivity index (χ1) is 18.4. The molecular weight excluding hydrogens is 544 g/mol. The SMILES string of the molecule is COc1cc([C@@H]2c3sc(=O)[nH]c3S[C@H]3C(=O)N(c4ccc(Cl)cc4)C(=O)[C@@H]23)ccc1OCc1ccccc1. The zero-order valence-corrected chi connectivity index (χ0v) is 22.4. The van der Waals surface area contributed by atoms with Gasteiger partial charge in [-0.1, -0.05) is 71.1 Å². The van der Waals surface area contributed by atoms with Crippen molar-refractivity contribution in [2.24, 2.45) is 5.92 Å². The third-order valence-corrected chi connectivity index (χ3v) is 9.35. The van der Waals surface area contributed by atoms with Gasteiger partial charge in [-0.2, -0.15) is 0 Å². The molecule has 4 aromatic rings. The quantitative estimate of drug-likeness (QED) is 0.312. The summed E-state index contributed by atoms with van der Waals surface area (Å²) in [6.07, 6.45) is 0. The molecule has 0 bridgehead atoms. The van der Waals surface area contributed by atoms with E-state index in [4.69, 9.17) is 21.1 Å². The molecule has 38 heavy (non-hydrogen) atoms. The average molecular weight is 565 g/mol. The number of nitrogens with zero attached hydrogens (tertiary/aromatic N) is 1. The lowest BCUT2D eigenvalue weighted by atomic mass is 9.83. The summed E-state index contributed by atoms with van der Waals surface area (Å²) in [6, 6.07) is 21.9. The summed E-state index contributed by atoms with van der Waals surface area (Å²) >= 11 is 8.33. The number of amides is 2. The van der Waals surface area contributed by atoms with Gasteiger partial charge in [0, 0.05) is 15.8 Å². The number of rotatable bonds is 6. The van der Waals surface area contributed by atoms with E-state index in [2.05, 4.69) is 4.98 Å². The number of ether oxygens (including phenoxy) is 2. The van der Waals surface area contributed by atoms with Crippen LogP contribution in [0.5, 0.6) is 11.5 Å². The molecule has 192 valence electrons. The number of carbonyl (C=O) groups excluding carboxylic acids is 2. The van der Waals surface area contributed by atoms with Crippen LogP contribution in [0.3, 0.4) is 0 Å². The van der Waals surface area contributed by atoms with E-state index in [0.717, 1.165) is 27.3 Å². The lowest BCUT2D eigenvalue weighted by Gasteiger charge is -2.30. The van der Waals surface area contributed by atoms with Crippen molar-refractivity contribution in [3.63, 3.8) is 0 Å². The Balaban J connectivity index is 1.38. The first-order valence-corrected chi connectivity index (χ1v) is 13.9. The van der Waals surface area contributed by atoms with Gasteiger partial charge >= 0.3 is 4.87 Å². The highest BCUT2D eigenvalue weighted by Gasteiger charge is 2.56. The maximum atomic E-state index is 13.8. The van der Waals surface area contributed by atoms with Crippen molar-refractivity contribution >= 4 is 52.2 Å². The first kappa shape index (κ1) is 24.8. The molecule has 1 N–H and O–H groups in total. The second kappa shape index (κ2) is 9.98. The number of fused-ring (bicyclic) bond motifs is 2. The van der Waals surface area contributed by atoms with Crippen LogP contribution in [0.4, 0.5) is 5.69 Å². The number of hydrogen-bond donors (Lipinski definition) is 1. The summed E-state index contributed by atoms with van der Waals surface area (Å²) in [6.45, 7) is 0.369. The number of H-pyrrole nitrogens is 1. The standard InChI is InChI=1S/C28H21ClN2O5S2/c1-35-20-13-16(7-12-19(20)36-14-15-5-3-2-4-6-15)21-22-24(37-25-23(21)38-28(34)30-25)27(33)31(26(22)32)18-10-8-17(29)9-11-18/h2-13,21-22,24H,14H2,1H3,(H,30,34)/t21-,22-,24+/m0/s1. The van der Waals surface area contributed by atoms with Gasteiger partial charge in [-0.15, -0.1) is 0 Å². The molecule has 3 atom stereocenters. The van der Waals surface area contributed by atoms with Gasteiger partial charge in [0.1, 0.15) is 11.9 Å². The topological polar surface area (TPSA) is 88.7 Å². The van der Waals surface area contributed by atoms with Gasteiger partial charge in [0.2, 0.25) is 11.8 Å². The Morgan fingerprint density at radius 3 is 2.45 bits per heavy atom. The predicted octanol–water partition coefficient (Wildman–Crippen LogP) is 5.47. The summed E-state index contributed by atoms with van der Waals surface area (Å²) in [5.74, 6) is -0.765. The highest BCUT2D eigenvalue weighted by atomic mass is 35.5. The Kier molecular flexibility index (Phi) is 6.51. The Labute approximate surface area is 231 Å². The molecule has 3 heterocycles. The van der Waals surface area contributed by atoms with E-state index in [0.29, 0.717) is 33.8 Å².